The molecule has 4 fully saturated rings. The lowest BCUT2D eigenvalue weighted by Crippen LogP contribution is -2.37. The van der Waals surface area contributed by atoms with Crippen LogP contribution in [0.15, 0.2) is 12.2 Å². The van der Waals surface area contributed by atoms with Crippen molar-refractivity contribution in [1.29, 1.82) is 0 Å². The van der Waals surface area contributed by atoms with Crippen molar-refractivity contribution in [2.45, 2.75) is 161 Å². The van der Waals surface area contributed by atoms with E-state index in [0.717, 1.165) is 60.5 Å². The van der Waals surface area contributed by atoms with Gasteiger partial charge in [-0.2, -0.15) is 8.78 Å². The molecule has 0 amide bonds. The molecule has 3 aliphatic carbocycles. The summed E-state index contributed by atoms with van der Waals surface area (Å²) in [5, 5.41) is 0. The molecule has 0 aromatic rings. The maximum atomic E-state index is 12.2. The van der Waals surface area contributed by atoms with Crippen LogP contribution in [0.3, 0.4) is 0 Å². The van der Waals surface area contributed by atoms with Crippen molar-refractivity contribution >= 4 is 0 Å². The summed E-state index contributed by atoms with van der Waals surface area (Å²) in [5.74, 6) is 7.09. The molecule has 0 spiro atoms. The lowest BCUT2D eigenvalue weighted by atomic mass is 9.69. The third-order valence-electron chi connectivity index (χ3n) is 12.1. The Morgan fingerprint density at radius 2 is 1.23 bits per heavy atom. The predicted octanol–water partition coefficient (Wildman–Crippen LogP) is 11.8. The number of ether oxygens (including phenoxy) is 1. The minimum absolute atomic E-state index is 0.560. The molecule has 3 saturated carbocycles. The summed E-state index contributed by atoms with van der Waals surface area (Å²) in [6.07, 6.45) is 29.6. The first-order valence-electron chi connectivity index (χ1n) is 17.6. The van der Waals surface area contributed by atoms with Gasteiger partial charge in [0.1, 0.15) is 0 Å². The van der Waals surface area contributed by atoms with Crippen LogP contribution in [0.4, 0.5) is 8.78 Å². The lowest BCUT2D eigenvalue weighted by Gasteiger charge is -2.42. The molecule has 0 aromatic carbocycles. The Labute approximate surface area is 240 Å². The van der Waals surface area contributed by atoms with E-state index in [1.807, 2.05) is 0 Å². The van der Waals surface area contributed by atoms with Crippen LogP contribution in [0.5, 0.6) is 0 Å². The SMILES string of the molecule is CCCC(C)C1CCC(C2CCC(C3CCC(CCCCC4CCC(CCC=C(F)F)CC4)CC3)OC2)CC1. The van der Waals surface area contributed by atoms with Gasteiger partial charge in [-0.1, -0.05) is 90.9 Å². The zero-order valence-corrected chi connectivity index (χ0v) is 25.7. The third kappa shape index (κ3) is 10.4. The van der Waals surface area contributed by atoms with Gasteiger partial charge >= 0.3 is 0 Å². The Morgan fingerprint density at radius 3 is 1.77 bits per heavy atom. The third-order valence-corrected chi connectivity index (χ3v) is 12.1. The number of hydrogen-bond acceptors (Lipinski definition) is 1. The molecule has 3 heteroatoms. The Balaban J connectivity index is 1.01. The summed E-state index contributed by atoms with van der Waals surface area (Å²) in [5.41, 5.74) is 0. The van der Waals surface area contributed by atoms with Gasteiger partial charge in [-0.3, -0.25) is 0 Å². The monoisotopic (exact) mass is 548 g/mol. The van der Waals surface area contributed by atoms with Crippen molar-refractivity contribution < 1.29 is 13.5 Å². The van der Waals surface area contributed by atoms with Crippen molar-refractivity contribution in [3.8, 4) is 0 Å². The number of hydrogen-bond donors (Lipinski definition) is 0. The first-order chi connectivity index (χ1) is 19.0. The Kier molecular flexibility index (Phi) is 13.6. The van der Waals surface area contributed by atoms with E-state index >= 15 is 0 Å². The zero-order chi connectivity index (χ0) is 27.5. The normalized spacial score (nSPS) is 36.8. The highest BCUT2D eigenvalue weighted by molar-refractivity contribution is 4.86. The van der Waals surface area contributed by atoms with Crippen LogP contribution in [-0.4, -0.2) is 12.7 Å². The molecule has 0 N–H and O–H groups in total. The minimum atomic E-state index is -1.51. The summed E-state index contributed by atoms with van der Waals surface area (Å²) in [6, 6.07) is 0. The number of unbranched alkanes of at least 4 members (excludes halogenated alkanes) is 1. The zero-order valence-electron chi connectivity index (χ0n) is 25.7. The largest absolute Gasteiger partial charge is 0.378 e. The van der Waals surface area contributed by atoms with Gasteiger partial charge in [0.2, 0.25) is 0 Å². The van der Waals surface area contributed by atoms with Gasteiger partial charge in [0, 0.05) is 0 Å². The van der Waals surface area contributed by atoms with Crippen LogP contribution < -0.4 is 0 Å². The molecule has 1 heterocycles. The van der Waals surface area contributed by atoms with Crippen molar-refractivity contribution in [3.63, 3.8) is 0 Å². The quantitative estimate of drug-likeness (QED) is 0.208. The van der Waals surface area contributed by atoms with Crippen LogP contribution in [0.1, 0.15) is 155 Å². The average Bonchev–Trinajstić information content (AvgIpc) is 2.96. The highest BCUT2D eigenvalue weighted by Crippen LogP contribution is 2.43. The molecule has 0 radical (unpaired) electrons. The molecule has 39 heavy (non-hydrogen) atoms. The fraction of sp³-hybridized carbons (Fsp3) is 0.944. The molecular weight excluding hydrogens is 486 g/mol. The summed E-state index contributed by atoms with van der Waals surface area (Å²) in [4.78, 5) is 0. The standard InChI is InChI=1S/C36H62F2O/c1-3-7-27(2)31-20-22-32(23-21-31)34-24-25-35(39-26-34)33-18-16-29(17-19-33)9-5-4-8-28-12-14-30(15-13-28)10-6-11-36(37)38/h11,27-35H,3-10,12-26H2,1-2H3. The molecule has 4 aliphatic rings. The molecule has 3 atom stereocenters. The molecule has 0 bridgehead atoms. The first-order valence-corrected chi connectivity index (χ1v) is 17.6. The van der Waals surface area contributed by atoms with Crippen molar-refractivity contribution in [3.05, 3.63) is 12.2 Å². The van der Waals surface area contributed by atoms with E-state index in [-0.39, 0.29) is 0 Å². The Hall–Kier alpha value is -0.440. The number of allylic oxidation sites excluding steroid dienone is 1. The van der Waals surface area contributed by atoms with Gasteiger partial charge in [-0.25, -0.2) is 0 Å². The van der Waals surface area contributed by atoms with Crippen molar-refractivity contribution in [1.82, 2.24) is 0 Å². The highest BCUT2D eigenvalue weighted by atomic mass is 19.3. The summed E-state index contributed by atoms with van der Waals surface area (Å²) in [7, 11) is 0. The van der Waals surface area contributed by atoms with Gasteiger partial charge in [-0.15, -0.1) is 0 Å². The highest BCUT2D eigenvalue weighted by Gasteiger charge is 2.36. The molecule has 1 aliphatic heterocycles. The molecule has 1 nitrogen and oxygen atoms in total. The van der Waals surface area contributed by atoms with E-state index in [2.05, 4.69) is 13.8 Å². The summed E-state index contributed by atoms with van der Waals surface area (Å²) in [6.45, 7) is 5.89. The van der Waals surface area contributed by atoms with E-state index < -0.39 is 6.08 Å². The first kappa shape index (κ1) is 31.5. The number of halogens is 2. The topological polar surface area (TPSA) is 9.23 Å². The molecular formula is C36H62F2O. The second kappa shape index (κ2) is 16.9. The van der Waals surface area contributed by atoms with Crippen molar-refractivity contribution in [2.24, 2.45) is 47.3 Å². The molecule has 3 unspecified atom stereocenters. The summed E-state index contributed by atoms with van der Waals surface area (Å²) < 4.78 is 31.1. The van der Waals surface area contributed by atoms with E-state index in [0.29, 0.717) is 18.4 Å². The van der Waals surface area contributed by atoms with Gasteiger partial charge < -0.3 is 4.74 Å². The van der Waals surface area contributed by atoms with Gasteiger partial charge in [-0.05, 0) is 118 Å². The van der Waals surface area contributed by atoms with E-state index in [1.165, 1.54) is 128 Å². The van der Waals surface area contributed by atoms with Crippen LogP contribution >= 0.6 is 0 Å². The average molecular weight is 549 g/mol. The minimum Gasteiger partial charge on any atom is -0.378 e. The second-order valence-electron chi connectivity index (χ2n) is 14.7. The fourth-order valence-corrected chi connectivity index (χ4v) is 9.36. The summed E-state index contributed by atoms with van der Waals surface area (Å²) >= 11 is 0. The maximum absolute atomic E-state index is 12.2. The maximum Gasteiger partial charge on any atom is 0.266 e. The van der Waals surface area contributed by atoms with E-state index in [9.17, 15) is 8.78 Å². The molecule has 226 valence electrons. The van der Waals surface area contributed by atoms with E-state index in [4.69, 9.17) is 4.74 Å². The smallest absolute Gasteiger partial charge is 0.266 e. The van der Waals surface area contributed by atoms with E-state index in [1.54, 1.807) is 0 Å². The predicted molar refractivity (Wildman–Crippen MR) is 161 cm³/mol. The van der Waals surface area contributed by atoms with Crippen LogP contribution in [0, 0.1) is 47.3 Å². The lowest BCUT2D eigenvalue weighted by molar-refractivity contribution is -0.0746. The van der Waals surface area contributed by atoms with Crippen LogP contribution in [0.2, 0.25) is 0 Å². The second-order valence-corrected chi connectivity index (χ2v) is 14.7. The van der Waals surface area contributed by atoms with Crippen molar-refractivity contribution in [2.75, 3.05) is 6.61 Å². The van der Waals surface area contributed by atoms with Crippen LogP contribution in [-0.2, 0) is 4.74 Å². The molecule has 1 saturated heterocycles. The Morgan fingerprint density at radius 1 is 0.692 bits per heavy atom. The van der Waals surface area contributed by atoms with Gasteiger partial charge in [0.15, 0.2) is 0 Å². The van der Waals surface area contributed by atoms with Gasteiger partial charge in [0.05, 0.1) is 12.7 Å². The van der Waals surface area contributed by atoms with Crippen LogP contribution in [0.25, 0.3) is 0 Å². The Bertz CT molecular complexity index is 670. The molecule has 0 aromatic heterocycles. The number of rotatable bonds is 13. The van der Waals surface area contributed by atoms with Gasteiger partial charge in [0.25, 0.3) is 6.08 Å². The fourth-order valence-electron chi connectivity index (χ4n) is 9.36. The molecule has 4 rings (SSSR count).